The van der Waals surface area contributed by atoms with Gasteiger partial charge in [-0.25, -0.2) is 13.6 Å². The Bertz CT molecular complexity index is 1380. The molecule has 0 amide bonds. The summed E-state index contributed by atoms with van der Waals surface area (Å²) in [5, 5.41) is 0.263. The minimum Gasteiger partial charge on any atom is -0.462 e. The predicted octanol–water partition coefficient (Wildman–Crippen LogP) is 6.27. The molecule has 204 valence electrons. The molecule has 2 aromatic heterocycles. The molecule has 9 heteroatoms. The van der Waals surface area contributed by atoms with Crippen LogP contribution >= 0.6 is 0 Å². The molecule has 0 bridgehead atoms. The van der Waals surface area contributed by atoms with E-state index < -0.39 is 28.6 Å². The second-order valence-electron chi connectivity index (χ2n) is 11.4. The molecule has 1 atom stereocenters. The summed E-state index contributed by atoms with van der Waals surface area (Å²) in [5.74, 6) is -2.52. The lowest BCUT2D eigenvalue weighted by molar-refractivity contribution is 0.0286. The van der Waals surface area contributed by atoms with E-state index in [0.717, 1.165) is 12.1 Å². The zero-order valence-electron chi connectivity index (χ0n) is 23.3. The van der Waals surface area contributed by atoms with E-state index in [4.69, 9.17) is 9.16 Å². The van der Waals surface area contributed by atoms with Gasteiger partial charge in [-0.3, -0.25) is 9.78 Å². The Hall–Kier alpha value is -2.91. The minimum atomic E-state index is -0.951. The second-order valence-corrected chi connectivity index (χ2v) is 13.3. The van der Waals surface area contributed by atoms with Crippen molar-refractivity contribution in [3.8, 4) is 0 Å². The number of ether oxygens (including phenoxy) is 1. The number of pyridine rings is 2. The van der Waals surface area contributed by atoms with Crippen molar-refractivity contribution in [2.45, 2.75) is 78.5 Å². The lowest BCUT2D eigenvalue weighted by Crippen LogP contribution is -2.42. The molecule has 0 N–H and O–H groups in total. The minimum absolute atomic E-state index is 0.0310. The van der Waals surface area contributed by atoms with Gasteiger partial charge in [-0.1, -0.05) is 40.7 Å². The zero-order valence-corrected chi connectivity index (χ0v) is 24.3. The topological polar surface area (TPSA) is 70.4 Å². The molecule has 0 aliphatic heterocycles. The first-order valence-corrected chi connectivity index (χ1v) is 13.7. The number of aromatic nitrogens is 2. The summed E-state index contributed by atoms with van der Waals surface area (Å²) < 4.78 is 40.7. The van der Waals surface area contributed by atoms with Gasteiger partial charge in [0.1, 0.15) is 5.56 Å². The van der Waals surface area contributed by atoms with E-state index in [0.29, 0.717) is 22.2 Å². The lowest BCUT2D eigenvalue weighted by atomic mass is 9.88. The van der Waals surface area contributed by atoms with E-state index >= 15 is 0 Å². The number of nitrogens with zero attached hydrogens (tertiary/aromatic N) is 2. The van der Waals surface area contributed by atoms with E-state index in [1.165, 1.54) is 6.07 Å². The Labute approximate surface area is 225 Å². The SMILES string of the molecule is CCOC(=O)c1cn([C@@H](C(C)C)C(C)(C)O[Si]C(C)(C)C)c2cnc(Cc3ccc(F)c(F)c3)cc2c1=O. The summed E-state index contributed by atoms with van der Waals surface area (Å²) in [5.41, 5.74) is 0.337. The molecular weight excluding hydrogens is 506 g/mol. The van der Waals surface area contributed by atoms with Crippen molar-refractivity contribution in [1.82, 2.24) is 9.55 Å². The second kappa shape index (κ2) is 11.5. The molecule has 0 fully saturated rings. The smallest absolute Gasteiger partial charge is 0.343 e. The van der Waals surface area contributed by atoms with Gasteiger partial charge < -0.3 is 13.7 Å². The largest absolute Gasteiger partial charge is 0.462 e. The maximum atomic E-state index is 13.8. The Morgan fingerprint density at radius 1 is 1.11 bits per heavy atom. The molecule has 6 nitrogen and oxygen atoms in total. The highest BCUT2D eigenvalue weighted by Gasteiger charge is 2.37. The predicted molar refractivity (Wildman–Crippen MR) is 146 cm³/mol. The third kappa shape index (κ3) is 6.74. The molecule has 0 aliphatic rings. The van der Waals surface area contributed by atoms with E-state index in [2.05, 4.69) is 39.6 Å². The zero-order chi connectivity index (χ0) is 28.4. The van der Waals surface area contributed by atoms with E-state index in [1.807, 2.05) is 18.4 Å². The highest BCUT2D eigenvalue weighted by molar-refractivity contribution is 6.31. The van der Waals surface area contributed by atoms with Crippen molar-refractivity contribution in [3.05, 3.63) is 75.3 Å². The Morgan fingerprint density at radius 3 is 2.37 bits per heavy atom. The summed E-state index contributed by atoms with van der Waals surface area (Å²) in [7, 11) is 0.231. The van der Waals surface area contributed by atoms with E-state index in [1.54, 1.807) is 25.4 Å². The molecule has 2 heterocycles. The van der Waals surface area contributed by atoms with Gasteiger partial charge in [0.15, 0.2) is 11.6 Å². The molecule has 0 aliphatic carbocycles. The number of halogens is 2. The van der Waals surface area contributed by atoms with Crippen LogP contribution in [0.25, 0.3) is 10.9 Å². The normalized spacial score (nSPS) is 13.2. The highest BCUT2D eigenvalue weighted by Crippen LogP contribution is 2.37. The Balaban J connectivity index is 2.21. The third-order valence-electron chi connectivity index (χ3n) is 6.10. The Morgan fingerprint density at radius 2 is 1.79 bits per heavy atom. The van der Waals surface area contributed by atoms with Crippen molar-refractivity contribution in [2.75, 3.05) is 6.61 Å². The molecule has 0 saturated heterocycles. The molecule has 3 rings (SSSR count). The van der Waals surface area contributed by atoms with Crippen molar-refractivity contribution >= 4 is 26.6 Å². The van der Waals surface area contributed by atoms with E-state index in [9.17, 15) is 18.4 Å². The number of carbonyl (C=O) groups is 1. The van der Waals surface area contributed by atoms with Gasteiger partial charge in [0, 0.05) is 23.7 Å². The van der Waals surface area contributed by atoms with Gasteiger partial charge in [0.2, 0.25) is 15.2 Å². The maximum Gasteiger partial charge on any atom is 0.343 e. The summed E-state index contributed by atoms with van der Waals surface area (Å²) in [6, 6.07) is 5.00. The van der Waals surface area contributed by atoms with Gasteiger partial charge in [-0.05, 0) is 55.5 Å². The van der Waals surface area contributed by atoms with Crippen LogP contribution in [0.1, 0.15) is 83.0 Å². The molecule has 0 spiro atoms. The van der Waals surface area contributed by atoms with Crippen LogP contribution in [-0.2, 0) is 15.6 Å². The van der Waals surface area contributed by atoms with Crippen molar-refractivity contribution in [2.24, 2.45) is 5.92 Å². The van der Waals surface area contributed by atoms with Crippen LogP contribution in [0.5, 0.6) is 0 Å². The van der Waals surface area contributed by atoms with Crippen LogP contribution in [0, 0.1) is 17.6 Å². The highest BCUT2D eigenvalue weighted by atomic mass is 28.2. The number of fused-ring (bicyclic) bond motifs is 1. The van der Waals surface area contributed by atoms with Crippen LogP contribution in [-0.4, -0.2) is 37.5 Å². The fraction of sp³-hybridized carbons (Fsp3) is 0.483. The molecule has 0 unspecified atom stereocenters. The number of carbonyl (C=O) groups excluding carboxylic acids is 1. The molecule has 1 aromatic carbocycles. The number of esters is 1. The fourth-order valence-corrected chi connectivity index (χ4v) is 5.33. The van der Waals surface area contributed by atoms with Crippen LogP contribution < -0.4 is 5.43 Å². The van der Waals surface area contributed by atoms with Crippen molar-refractivity contribution in [1.29, 1.82) is 0 Å². The van der Waals surface area contributed by atoms with Crippen molar-refractivity contribution < 1.29 is 22.7 Å². The standard InChI is InChI=1S/C29H36F2N2O4Si/c1-9-36-27(35)21-16-33(26(17(2)3)29(7,8)37-38-28(4,5)6)24-15-32-19(14-20(24)25(21)34)12-18-10-11-22(30)23(31)13-18/h10-11,13-17,26H,9,12H2,1-8H3/t26-/m0/s1. The number of rotatable bonds is 9. The van der Waals surface area contributed by atoms with Gasteiger partial charge in [-0.15, -0.1) is 0 Å². The van der Waals surface area contributed by atoms with Gasteiger partial charge in [0.05, 0.1) is 30.0 Å². The molecular formula is C29H36F2N2O4Si. The third-order valence-corrected chi connectivity index (χ3v) is 7.34. The van der Waals surface area contributed by atoms with Gasteiger partial charge >= 0.3 is 5.97 Å². The average Bonchev–Trinajstić information content (AvgIpc) is 2.81. The summed E-state index contributed by atoms with van der Waals surface area (Å²) in [6.07, 6.45) is 3.33. The van der Waals surface area contributed by atoms with Crippen molar-refractivity contribution in [3.63, 3.8) is 0 Å². The maximum absolute atomic E-state index is 13.8. The summed E-state index contributed by atoms with van der Waals surface area (Å²) in [6.45, 7) is 16.3. The fourth-order valence-electron chi connectivity index (χ4n) is 4.64. The van der Waals surface area contributed by atoms with Crippen LogP contribution in [0.15, 0.2) is 41.5 Å². The van der Waals surface area contributed by atoms with Crippen LogP contribution in [0.4, 0.5) is 8.78 Å². The Kier molecular flexibility index (Phi) is 8.93. The molecule has 38 heavy (non-hydrogen) atoms. The summed E-state index contributed by atoms with van der Waals surface area (Å²) in [4.78, 5) is 30.9. The number of benzene rings is 1. The average molecular weight is 543 g/mol. The molecule has 3 aromatic rings. The quantitative estimate of drug-likeness (QED) is 0.235. The van der Waals surface area contributed by atoms with Gasteiger partial charge in [0.25, 0.3) is 0 Å². The van der Waals surface area contributed by atoms with Crippen LogP contribution in [0.2, 0.25) is 5.04 Å². The first-order chi connectivity index (χ1) is 17.6. The lowest BCUT2D eigenvalue weighted by Gasteiger charge is -2.41. The summed E-state index contributed by atoms with van der Waals surface area (Å²) >= 11 is 0. The number of hydrogen-bond acceptors (Lipinski definition) is 5. The monoisotopic (exact) mass is 542 g/mol. The first kappa shape index (κ1) is 29.6. The van der Waals surface area contributed by atoms with E-state index in [-0.39, 0.29) is 45.4 Å². The first-order valence-electron chi connectivity index (χ1n) is 12.7. The number of hydrogen-bond donors (Lipinski definition) is 0. The van der Waals surface area contributed by atoms with Crippen LogP contribution in [0.3, 0.4) is 0 Å². The molecule has 0 saturated carbocycles. The molecule has 2 radical (unpaired) electrons. The van der Waals surface area contributed by atoms with Gasteiger partial charge in [-0.2, -0.15) is 0 Å².